The smallest absolute Gasteiger partial charge is 0.156 e. The molecule has 0 aromatic carbocycles. The van der Waals surface area contributed by atoms with E-state index in [1.807, 2.05) is 16.9 Å². The topological polar surface area (TPSA) is 55.6 Å². The monoisotopic (exact) mass is 229 g/mol. The predicted octanol–water partition coefficient (Wildman–Crippen LogP) is 1.22. The minimum atomic E-state index is 0.719. The molecule has 0 spiro atoms. The molecule has 2 aromatic rings. The maximum atomic E-state index is 4.37. The van der Waals surface area contributed by atoms with Crippen LogP contribution in [0.15, 0.2) is 24.8 Å². The molecule has 0 bridgehead atoms. The Labute approximate surface area is 99.9 Å². The molecule has 0 aliphatic heterocycles. The van der Waals surface area contributed by atoms with Crippen molar-refractivity contribution in [2.45, 2.75) is 32.4 Å². The van der Waals surface area contributed by atoms with Crippen molar-refractivity contribution < 1.29 is 0 Å². The molecule has 0 amide bonds. The summed E-state index contributed by atoms with van der Waals surface area (Å²) in [6, 6.07) is 2.58. The van der Waals surface area contributed by atoms with Gasteiger partial charge in [-0.25, -0.2) is 14.6 Å². The zero-order valence-corrected chi connectivity index (χ0v) is 9.80. The van der Waals surface area contributed by atoms with Gasteiger partial charge in [0.25, 0.3) is 0 Å². The molecule has 0 saturated heterocycles. The standard InChI is InChI=1S/C12H15N5/c1-9-10(6-14-11-2-3-11)7-16-17(9)12-4-5-13-8-15-12/h4-5,7-8,11,14H,2-3,6H2,1H3. The lowest BCUT2D eigenvalue weighted by Crippen LogP contribution is -2.15. The average Bonchev–Trinajstić information content (AvgIpc) is 3.12. The van der Waals surface area contributed by atoms with Crippen LogP contribution < -0.4 is 5.32 Å². The van der Waals surface area contributed by atoms with E-state index in [0.29, 0.717) is 0 Å². The summed E-state index contributed by atoms with van der Waals surface area (Å²) in [6.45, 7) is 2.96. The molecule has 88 valence electrons. The fourth-order valence-corrected chi connectivity index (χ4v) is 1.80. The number of nitrogens with zero attached hydrogens (tertiary/aromatic N) is 4. The van der Waals surface area contributed by atoms with Crippen LogP contribution in [0.3, 0.4) is 0 Å². The van der Waals surface area contributed by atoms with Crippen molar-refractivity contribution in [2.75, 3.05) is 0 Å². The maximum absolute atomic E-state index is 4.37. The molecule has 0 unspecified atom stereocenters. The fourth-order valence-electron chi connectivity index (χ4n) is 1.80. The number of rotatable bonds is 4. The molecule has 2 aromatic heterocycles. The van der Waals surface area contributed by atoms with E-state index < -0.39 is 0 Å². The molecule has 17 heavy (non-hydrogen) atoms. The first-order chi connectivity index (χ1) is 8.34. The Balaban J connectivity index is 1.81. The van der Waals surface area contributed by atoms with E-state index in [1.54, 1.807) is 12.5 Å². The third-order valence-electron chi connectivity index (χ3n) is 3.05. The third-order valence-corrected chi connectivity index (χ3v) is 3.05. The van der Waals surface area contributed by atoms with E-state index >= 15 is 0 Å². The molecular weight excluding hydrogens is 214 g/mol. The van der Waals surface area contributed by atoms with Gasteiger partial charge in [0.1, 0.15) is 6.33 Å². The van der Waals surface area contributed by atoms with Crippen LogP contribution in [0.1, 0.15) is 24.1 Å². The summed E-state index contributed by atoms with van der Waals surface area (Å²) in [6.07, 6.45) is 7.79. The van der Waals surface area contributed by atoms with Gasteiger partial charge in [0.15, 0.2) is 5.82 Å². The summed E-state index contributed by atoms with van der Waals surface area (Å²) in [5.41, 5.74) is 2.37. The molecule has 1 aliphatic carbocycles. The lowest BCUT2D eigenvalue weighted by Gasteiger charge is -2.04. The predicted molar refractivity (Wildman–Crippen MR) is 63.8 cm³/mol. The van der Waals surface area contributed by atoms with Gasteiger partial charge in [-0.1, -0.05) is 0 Å². The highest BCUT2D eigenvalue weighted by atomic mass is 15.3. The minimum absolute atomic E-state index is 0.719. The Morgan fingerprint density at radius 2 is 2.35 bits per heavy atom. The summed E-state index contributed by atoms with van der Waals surface area (Å²) >= 11 is 0. The van der Waals surface area contributed by atoms with Crippen LogP contribution in [0.2, 0.25) is 0 Å². The molecule has 2 heterocycles. The summed E-state index contributed by atoms with van der Waals surface area (Å²) in [5, 5.41) is 7.86. The maximum Gasteiger partial charge on any atom is 0.156 e. The van der Waals surface area contributed by atoms with Crippen LogP contribution >= 0.6 is 0 Å². The summed E-state index contributed by atoms with van der Waals surface area (Å²) in [7, 11) is 0. The van der Waals surface area contributed by atoms with E-state index in [2.05, 4.69) is 27.3 Å². The zero-order valence-electron chi connectivity index (χ0n) is 9.80. The number of aromatic nitrogens is 4. The van der Waals surface area contributed by atoms with Crippen LogP contribution in [0.4, 0.5) is 0 Å². The van der Waals surface area contributed by atoms with Crippen molar-refractivity contribution in [1.82, 2.24) is 25.1 Å². The lowest BCUT2D eigenvalue weighted by atomic mass is 10.2. The molecule has 1 fully saturated rings. The summed E-state index contributed by atoms with van der Waals surface area (Å²) < 4.78 is 1.85. The van der Waals surface area contributed by atoms with Crippen molar-refractivity contribution in [2.24, 2.45) is 0 Å². The first-order valence-corrected chi connectivity index (χ1v) is 5.88. The second kappa shape index (κ2) is 4.25. The van der Waals surface area contributed by atoms with E-state index in [0.717, 1.165) is 24.1 Å². The van der Waals surface area contributed by atoms with Gasteiger partial charge in [-0.05, 0) is 19.8 Å². The second-order valence-electron chi connectivity index (χ2n) is 4.39. The molecule has 0 radical (unpaired) electrons. The Bertz CT molecular complexity index is 501. The highest BCUT2D eigenvalue weighted by Crippen LogP contribution is 2.20. The molecule has 5 nitrogen and oxygen atoms in total. The van der Waals surface area contributed by atoms with Crippen LogP contribution in [-0.2, 0) is 6.54 Å². The first-order valence-electron chi connectivity index (χ1n) is 5.88. The van der Waals surface area contributed by atoms with Crippen LogP contribution in [0.25, 0.3) is 5.82 Å². The van der Waals surface area contributed by atoms with Gasteiger partial charge in [-0.3, -0.25) is 0 Å². The van der Waals surface area contributed by atoms with Crippen LogP contribution in [0, 0.1) is 6.92 Å². The Kier molecular flexibility index (Phi) is 2.60. The van der Waals surface area contributed by atoms with Gasteiger partial charge < -0.3 is 5.32 Å². The Morgan fingerprint density at radius 1 is 1.47 bits per heavy atom. The van der Waals surface area contributed by atoms with Crippen molar-refractivity contribution in [3.05, 3.63) is 36.0 Å². The van der Waals surface area contributed by atoms with E-state index in [9.17, 15) is 0 Å². The molecule has 5 heteroatoms. The van der Waals surface area contributed by atoms with Gasteiger partial charge >= 0.3 is 0 Å². The van der Waals surface area contributed by atoms with E-state index in [4.69, 9.17) is 0 Å². The highest BCUT2D eigenvalue weighted by molar-refractivity contribution is 5.26. The number of hydrogen-bond acceptors (Lipinski definition) is 4. The third kappa shape index (κ3) is 2.19. The lowest BCUT2D eigenvalue weighted by molar-refractivity contribution is 0.683. The van der Waals surface area contributed by atoms with Crippen molar-refractivity contribution in [1.29, 1.82) is 0 Å². The number of nitrogens with one attached hydrogen (secondary N) is 1. The second-order valence-corrected chi connectivity index (χ2v) is 4.39. The molecule has 1 saturated carbocycles. The van der Waals surface area contributed by atoms with Crippen LogP contribution in [-0.4, -0.2) is 25.8 Å². The van der Waals surface area contributed by atoms with Gasteiger partial charge in [0, 0.05) is 36.1 Å². The Morgan fingerprint density at radius 3 is 3.06 bits per heavy atom. The highest BCUT2D eigenvalue weighted by Gasteiger charge is 2.20. The number of hydrogen-bond donors (Lipinski definition) is 1. The van der Waals surface area contributed by atoms with Gasteiger partial charge in [-0.2, -0.15) is 5.10 Å². The minimum Gasteiger partial charge on any atom is -0.310 e. The quantitative estimate of drug-likeness (QED) is 0.856. The molecule has 0 atom stereocenters. The van der Waals surface area contributed by atoms with Crippen molar-refractivity contribution >= 4 is 0 Å². The Hall–Kier alpha value is -1.75. The molecule has 1 N–H and O–H groups in total. The van der Waals surface area contributed by atoms with Crippen molar-refractivity contribution in [3.63, 3.8) is 0 Å². The fraction of sp³-hybridized carbons (Fsp3) is 0.417. The van der Waals surface area contributed by atoms with Crippen LogP contribution in [0.5, 0.6) is 0 Å². The van der Waals surface area contributed by atoms with E-state index in [1.165, 1.54) is 18.4 Å². The van der Waals surface area contributed by atoms with Gasteiger partial charge in [0.05, 0.1) is 6.20 Å². The average molecular weight is 229 g/mol. The van der Waals surface area contributed by atoms with Crippen molar-refractivity contribution in [3.8, 4) is 5.82 Å². The molecular formula is C12H15N5. The van der Waals surface area contributed by atoms with Gasteiger partial charge in [-0.15, -0.1) is 0 Å². The SMILES string of the molecule is Cc1c(CNC2CC2)cnn1-c1ccncn1. The van der Waals surface area contributed by atoms with E-state index in [-0.39, 0.29) is 0 Å². The first kappa shape index (κ1) is 10.4. The largest absolute Gasteiger partial charge is 0.310 e. The van der Waals surface area contributed by atoms with Gasteiger partial charge in [0.2, 0.25) is 0 Å². The summed E-state index contributed by atoms with van der Waals surface area (Å²) in [4.78, 5) is 8.11. The summed E-state index contributed by atoms with van der Waals surface area (Å²) in [5.74, 6) is 0.815. The molecule has 3 rings (SSSR count). The zero-order chi connectivity index (χ0) is 11.7. The molecule has 1 aliphatic rings. The normalized spacial score (nSPS) is 15.1.